The van der Waals surface area contributed by atoms with Gasteiger partial charge in [-0.2, -0.15) is 13.9 Å². The van der Waals surface area contributed by atoms with Crippen molar-refractivity contribution in [3.8, 4) is 0 Å². The normalized spacial score (nSPS) is 10.5. The van der Waals surface area contributed by atoms with Crippen LogP contribution in [0.1, 0.15) is 5.69 Å². The lowest BCUT2D eigenvalue weighted by molar-refractivity contribution is -0.131. The summed E-state index contributed by atoms with van der Waals surface area (Å²) >= 11 is 0. The van der Waals surface area contributed by atoms with Crippen molar-refractivity contribution in [3.63, 3.8) is 0 Å². The van der Waals surface area contributed by atoms with Gasteiger partial charge in [0.25, 0.3) is 5.91 Å². The van der Waals surface area contributed by atoms with E-state index in [-0.39, 0.29) is 6.54 Å². The van der Waals surface area contributed by atoms with Crippen LogP contribution in [-0.2, 0) is 18.4 Å². The van der Waals surface area contributed by atoms with Gasteiger partial charge in [-0.25, -0.2) is 0 Å². The summed E-state index contributed by atoms with van der Waals surface area (Å²) < 4.78 is 25.0. The number of hydrogen-bond donors (Lipinski definition) is 1. The van der Waals surface area contributed by atoms with Crippen molar-refractivity contribution >= 4 is 5.91 Å². The van der Waals surface area contributed by atoms with Crippen molar-refractivity contribution in [2.75, 3.05) is 0 Å². The van der Waals surface area contributed by atoms with Gasteiger partial charge in [-0.1, -0.05) is 0 Å². The van der Waals surface area contributed by atoms with E-state index in [2.05, 4.69) is 10.4 Å². The summed E-state index contributed by atoms with van der Waals surface area (Å²) in [5, 5.41) is 5.89. The van der Waals surface area contributed by atoms with Crippen LogP contribution in [0.4, 0.5) is 8.78 Å². The minimum absolute atomic E-state index is 0.0691. The second-order valence-electron chi connectivity index (χ2n) is 2.46. The van der Waals surface area contributed by atoms with Crippen LogP contribution < -0.4 is 5.32 Å². The molecule has 0 saturated carbocycles. The zero-order chi connectivity index (χ0) is 9.84. The molecular weight excluding hydrogens is 180 g/mol. The van der Waals surface area contributed by atoms with Crippen LogP contribution in [0.2, 0.25) is 0 Å². The molecule has 1 N–H and O–H groups in total. The highest BCUT2D eigenvalue weighted by Crippen LogP contribution is 1.97. The van der Waals surface area contributed by atoms with Gasteiger partial charge in [-0.15, -0.1) is 0 Å². The maximum absolute atomic E-state index is 11.7. The number of carbonyl (C=O) groups is 1. The van der Waals surface area contributed by atoms with E-state index in [1.165, 1.54) is 10.9 Å². The SMILES string of the molecule is Cn1nccc1CNC(=O)C(F)F. The Labute approximate surface area is 73.5 Å². The number of amides is 1. The Bertz CT molecular complexity index is 298. The minimum Gasteiger partial charge on any atom is -0.346 e. The first kappa shape index (κ1) is 9.63. The standard InChI is InChI=1S/C7H9F2N3O/c1-12-5(2-3-11-12)4-10-7(13)6(8)9/h2-3,6H,4H2,1H3,(H,10,13). The van der Waals surface area contributed by atoms with Gasteiger partial charge in [-0.3, -0.25) is 9.48 Å². The molecule has 0 atom stereocenters. The molecule has 0 saturated heterocycles. The molecule has 1 aromatic rings. The van der Waals surface area contributed by atoms with E-state index in [9.17, 15) is 13.6 Å². The van der Waals surface area contributed by atoms with Crippen molar-refractivity contribution < 1.29 is 13.6 Å². The van der Waals surface area contributed by atoms with E-state index in [1.54, 1.807) is 13.1 Å². The van der Waals surface area contributed by atoms with E-state index < -0.39 is 12.3 Å². The van der Waals surface area contributed by atoms with Crippen molar-refractivity contribution in [1.82, 2.24) is 15.1 Å². The van der Waals surface area contributed by atoms with E-state index >= 15 is 0 Å². The highest BCUT2D eigenvalue weighted by atomic mass is 19.3. The van der Waals surface area contributed by atoms with Gasteiger partial charge in [0.15, 0.2) is 0 Å². The molecule has 13 heavy (non-hydrogen) atoms. The van der Waals surface area contributed by atoms with E-state index in [0.717, 1.165) is 0 Å². The minimum atomic E-state index is -2.96. The number of nitrogens with one attached hydrogen (secondary N) is 1. The Morgan fingerprint density at radius 2 is 2.46 bits per heavy atom. The first-order valence-corrected chi connectivity index (χ1v) is 3.64. The third-order valence-electron chi connectivity index (χ3n) is 1.56. The molecule has 1 rings (SSSR count). The van der Waals surface area contributed by atoms with Crippen LogP contribution in [0.15, 0.2) is 12.3 Å². The molecule has 6 heteroatoms. The smallest absolute Gasteiger partial charge is 0.315 e. The lowest BCUT2D eigenvalue weighted by Gasteiger charge is -2.03. The fraction of sp³-hybridized carbons (Fsp3) is 0.429. The summed E-state index contributed by atoms with van der Waals surface area (Å²) in [4.78, 5) is 10.5. The summed E-state index contributed by atoms with van der Waals surface area (Å²) in [5.41, 5.74) is 0.675. The van der Waals surface area contributed by atoms with E-state index in [4.69, 9.17) is 0 Å². The van der Waals surface area contributed by atoms with Crippen LogP contribution in [0.5, 0.6) is 0 Å². The van der Waals surface area contributed by atoms with Crippen LogP contribution in [-0.4, -0.2) is 22.1 Å². The molecule has 0 bridgehead atoms. The predicted octanol–water partition coefficient (Wildman–Crippen LogP) is 0.301. The molecule has 1 amide bonds. The predicted molar refractivity (Wildman–Crippen MR) is 41.1 cm³/mol. The second-order valence-corrected chi connectivity index (χ2v) is 2.46. The molecular formula is C7H9F2N3O. The van der Waals surface area contributed by atoms with Gasteiger partial charge in [0.2, 0.25) is 0 Å². The molecule has 0 radical (unpaired) electrons. The van der Waals surface area contributed by atoms with Crippen molar-refractivity contribution in [2.45, 2.75) is 13.0 Å². The first-order chi connectivity index (χ1) is 6.11. The monoisotopic (exact) mass is 189 g/mol. The largest absolute Gasteiger partial charge is 0.346 e. The summed E-state index contributed by atoms with van der Waals surface area (Å²) in [6, 6.07) is 1.64. The van der Waals surface area contributed by atoms with Gasteiger partial charge < -0.3 is 5.32 Å². The average molecular weight is 189 g/mol. The molecule has 0 unspecified atom stereocenters. The molecule has 1 aromatic heterocycles. The van der Waals surface area contributed by atoms with Crippen molar-refractivity contribution in [2.24, 2.45) is 7.05 Å². The number of carbonyl (C=O) groups excluding carboxylic acids is 1. The number of nitrogens with zero attached hydrogens (tertiary/aromatic N) is 2. The fourth-order valence-electron chi connectivity index (χ4n) is 0.830. The average Bonchev–Trinajstić information content (AvgIpc) is 2.47. The third kappa shape index (κ3) is 2.50. The molecule has 0 aliphatic carbocycles. The van der Waals surface area contributed by atoms with Crippen molar-refractivity contribution in [3.05, 3.63) is 18.0 Å². The highest BCUT2D eigenvalue weighted by Gasteiger charge is 2.14. The molecule has 0 spiro atoms. The number of halogens is 2. The Balaban J connectivity index is 2.44. The highest BCUT2D eigenvalue weighted by molar-refractivity contribution is 5.78. The molecule has 72 valence electrons. The van der Waals surface area contributed by atoms with E-state index in [1.807, 2.05) is 0 Å². The van der Waals surface area contributed by atoms with Gasteiger partial charge >= 0.3 is 6.43 Å². The molecule has 0 aromatic carbocycles. The van der Waals surface area contributed by atoms with Crippen molar-refractivity contribution in [1.29, 1.82) is 0 Å². The van der Waals surface area contributed by atoms with Crippen LogP contribution >= 0.6 is 0 Å². The second kappa shape index (κ2) is 3.97. The number of rotatable bonds is 3. The topological polar surface area (TPSA) is 46.9 Å². The molecule has 0 aliphatic rings. The van der Waals surface area contributed by atoms with Gasteiger partial charge in [-0.05, 0) is 6.07 Å². The third-order valence-corrected chi connectivity index (χ3v) is 1.56. The van der Waals surface area contributed by atoms with Gasteiger partial charge in [0, 0.05) is 13.2 Å². The van der Waals surface area contributed by atoms with Crippen LogP contribution in [0.3, 0.4) is 0 Å². The fourth-order valence-corrected chi connectivity index (χ4v) is 0.830. The Hall–Kier alpha value is -1.46. The summed E-state index contributed by atoms with van der Waals surface area (Å²) in [5.74, 6) is -1.26. The van der Waals surface area contributed by atoms with Gasteiger partial charge in [0.1, 0.15) is 0 Å². The molecule has 1 heterocycles. The maximum atomic E-state index is 11.7. The zero-order valence-corrected chi connectivity index (χ0v) is 7.00. The number of aromatic nitrogens is 2. The van der Waals surface area contributed by atoms with Gasteiger partial charge in [0.05, 0.1) is 12.2 Å². The summed E-state index contributed by atoms with van der Waals surface area (Å²) in [6.45, 7) is 0.0691. The lowest BCUT2D eigenvalue weighted by Crippen LogP contribution is -2.29. The Morgan fingerprint density at radius 1 is 1.77 bits per heavy atom. The summed E-state index contributed by atoms with van der Waals surface area (Å²) in [6.07, 6.45) is -1.43. The number of hydrogen-bond acceptors (Lipinski definition) is 2. The number of alkyl halides is 2. The van der Waals surface area contributed by atoms with Crippen LogP contribution in [0.25, 0.3) is 0 Å². The Morgan fingerprint density at radius 3 is 2.92 bits per heavy atom. The quantitative estimate of drug-likeness (QED) is 0.743. The van der Waals surface area contributed by atoms with Crippen LogP contribution in [0, 0.1) is 0 Å². The number of aryl methyl sites for hydroxylation is 1. The summed E-state index contributed by atoms with van der Waals surface area (Å²) in [7, 11) is 1.67. The maximum Gasteiger partial charge on any atom is 0.315 e. The Kier molecular flexibility index (Phi) is 2.94. The first-order valence-electron chi connectivity index (χ1n) is 3.64. The molecule has 4 nitrogen and oxygen atoms in total. The lowest BCUT2D eigenvalue weighted by atomic mass is 10.4. The molecule has 0 fully saturated rings. The molecule has 0 aliphatic heterocycles. The zero-order valence-electron chi connectivity index (χ0n) is 7.00. The van der Waals surface area contributed by atoms with E-state index in [0.29, 0.717) is 5.69 Å².